The lowest BCUT2D eigenvalue weighted by Gasteiger charge is -2.35. The van der Waals surface area contributed by atoms with Crippen LogP contribution in [0.5, 0.6) is 0 Å². The number of Topliss-reactive ketones (excluding diaryl/α,β-unsaturated/α-hetero) is 1. The Balaban J connectivity index is 1.90. The molecule has 3 amide bonds. The minimum absolute atomic E-state index is 0.141. The maximum atomic E-state index is 12.5. The van der Waals surface area contributed by atoms with Crippen LogP contribution in [0.25, 0.3) is 0 Å². The van der Waals surface area contributed by atoms with Crippen LogP contribution in [-0.2, 0) is 25.5 Å². The number of carbonyl (C=O) groups is 5. The number of methoxy groups -OCH3 is 1. The Hall–Kier alpha value is -3.37. The van der Waals surface area contributed by atoms with Crippen LogP contribution < -0.4 is 5.32 Å². The molecular weight excluding hydrogens is 432 g/mol. The largest absolute Gasteiger partial charge is 0.465 e. The highest BCUT2D eigenvalue weighted by Crippen LogP contribution is 2.20. The van der Waals surface area contributed by atoms with Crippen LogP contribution in [0.4, 0.5) is 4.79 Å². The van der Waals surface area contributed by atoms with Crippen molar-refractivity contribution in [1.29, 1.82) is 0 Å². The van der Waals surface area contributed by atoms with E-state index in [1.54, 1.807) is 37.5 Å². The lowest BCUT2D eigenvalue weighted by atomic mass is 10.1. The van der Waals surface area contributed by atoms with E-state index in [0.717, 1.165) is 0 Å². The van der Waals surface area contributed by atoms with Crippen molar-refractivity contribution in [3.05, 3.63) is 22.5 Å². The molecule has 0 aliphatic carbocycles. The SMILES string of the molecule is COC(=O)c1c(CC(=O)NCC(=O)N2CCN(C(=O)OC(C)(C)C)CC2)[nH]c(C(C)=O)c1C. The van der Waals surface area contributed by atoms with Gasteiger partial charge in [0.15, 0.2) is 5.78 Å². The summed E-state index contributed by atoms with van der Waals surface area (Å²) in [5.41, 5.74) is 0.446. The summed E-state index contributed by atoms with van der Waals surface area (Å²) in [7, 11) is 1.22. The van der Waals surface area contributed by atoms with Gasteiger partial charge in [-0.1, -0.05) is 0 Å². The number of ketones is 1. The number of rotatable bonds is 6. The van der Waals surface area contributed by atoms with Crippen molar-refractivity contribution in [2.24, 2.45) is 0 Å². The molecule has 1 saturated heterocycles. The van der Waals surface area contributed by atoms with Crippen LogP contribution in [0.15, 0.2) is 0 Å². The molecule has 2 N–H and O–H groups in total. The number of nitrogens with one attached hydrogen (secondary N) is 2. The molecule has 0 unspecified atom stereocenters. The highest BCUT2D eigenvalue weighted by molar-refractivity contribution is 6.01. The number of hydrogen-bond acceptors (Lipinski definition) is 7. The molecule has 1 aliphatic rings. The summed E-state index contributed by atoms with van der Waals surface area (Å²) in [6.45, 7) is 9.44. The summed E-state index contributed by atoms with van der Waals surface area (Å²) >= 11 is 0. The Kier molecular flexibility index (Phi) is 8.23. The van der Waals surface area contributed by atoms with Gasteiger partial charge in [-0.2, -0.15) is 0 Å². The van der Waals surface area contributed by atoms with Gasteiger partial charge in [-0.05, 0) is 33.3 Å². The normalized spacial score (nSPS) is 14.0. The zero-order valence-electron chi connectivity index (χ0n) is 20.0. The third-order valence-electron chi connectivity index (χ3n) is 5.13. The molecule has 1 aromatic heterocycles. The number of amides is 3. The number of aromatic amines is 1. The predicted molar refractivity (Wildman–Crippen MR) is 118 cm³/mol. The Morgan fingerprint density at radius 2 is 1.61 bits per heavy atom. The number of H-pyrrole nitrogens is 1. The smallest absolute Gasteiger partial charge is 0.410 e. The molecule has 1 fully saturated rings. The van der Waals surface area contributed by atoms with E-state index in [-0.39, 0.29) is 41.6 Å². The van der Waals surface area contributed by atoms with E-state index in [9.17, 15) is 24.0 Å². The second-order valence-corrected chi connectivity index (χ2v) is 8.83. The third kappa shape index (κ3) is 6.80. The van der Waals surface area contributed by atoms with E-state index < -0.39 is 23.6 Å². The molecule has 1 aromatic rings. The summed E-state index contributed by atoms with van der Waals surface area (Å²) in [6.07, 6.45) is -0.645. The third-order valence-corrected chi connectivity index (χ3v) is 5.13. The van der Waals surface area contributed by atoms with Gasteiger partial charge in [-0.25, -0.2) is 9.59 Å². The summed E-state index contributed by atoms with van der Waals surface area (Å²) in [4.78, 5) is 66.9. The maximum Gasteiger partial charge on any atom is 0.410 e. The average Bonchev–Trinajstić information content (AvgIpc) is 3.06. The summed E-state index contributed by atoms with van der Waals surface area (Å²) in [6, 6.07) is 0. The number of hydrogen-bond donors (Lipinski definition) is 2. The Labute approximate surface area is 192 Å². The van der Waals surface area contributed by atoms with E-state index in [1.165, 1.54) is 14.0 Å². The van der Waals surface area contributed by atoms with Gasteiger partial charge in [0, 0.05) is 38.8 Å². The van der Waals surface area contributed by atoms with Crippen molar-refractivity contribution < 1.29 is 33.4 Å². The molecule has 1 aliphatic heterocycles. The molecule has 2 heterocycles. The first-order valence-corrected chi connectivity index (χ1v) is 10.7. The second kappa shape index (κ2) is 10.5. The highest BCUT2D eigenvalue weighted by Gasteiger charge is 2.28. The summed E-state index contributed by atoms with van der Waals surface area (Å²) in [5, 5.41) is 2.54. The van der Waals surface area contributed by atoms with E-state index in [0.29, 0.717) is 31.7 Å². The Bertz CT molecular complexity index is 937. The van der Waals surface area contributed by atoms with E-state index in [1.807, 2.05) is 0 Å². The van der Waals surface area contributed by atoms with Crippen LogP contribution in [0.2, 0.25) is 0 Å². The molecule has 0 atom stereocenters. The van der Waals surface area contributed by atoms with Crippen LogP contribution in [0, 0.1) is 6.92 Å². The zero-order valence-corrected chi connectivity index (χ0v) is 20.0. The quantitative estimate of drug-likeness (QED) is 0.474. The summed E-state index contributed by atoms with van der Waals surface area (Å²) in [5.74, 6) is -1.70. The van der Waals surface area contributed by atoms with Crippen LogP contribution >= 0.6 is 0 Å². The number of aromatic nitrogens is 1. The van der Waals surface area contributed by atoms with E-state index in [4.69, 9.17) is 9.47 Å². The molecule has 2 rings (SSSR count). The van der Waals surface area contributed by atoms with Crippen LogP contribution in [-0.4, -0.2) is 89.9 Å². The molecule has 182 valence electrons. The molecule has 11 nitrogen and oxygen atoms in total. The maximum absolute atomic E-state index is 12.5. The lowest BCUT2D eigenvalue weighted by molar-refractivity contribution is -0.134. The number of ether oxygens (including phenoxy) is 2. The first-order valence-electron chi connectivity index (χ1n) is 10.7. The van der Waals surface area contributed by atoms with Crippen molar-refractivity contribution in [3.8, 4) is 0 Å². The fourth-order valence-corrected chi connectivity index (χ4v) is 3.50. The second-order valence-electron chi connectivity index (χ2n) is 8.83. The van der Waals surface area contributed by atoms with Crippen molar-refractivity contribution in [2.75, 3.05) is 39.8 Å². The fourth-order valence-electron chi connectivity index (χ4n) is 3.50. The first-order chi connectivity index (χ1) is 15.3. The monoisotopic (exact) mass is 464 g/mol. The molecule has 0 spiro atoms. The molecular formula is C22H32N4O7. The fraction of sp³-hybridized carbons (Fsp3) is 0.591. The predicted octanol–water partition coefficient (Wildman–Crippen LogP) is 1.05. The van der Waals surface area contributed by atoms with Crippen LogP contribution in [0.3, 0.4) is 0 Å². The lowest BCUT2D eigenvalue weighted by Crippen LogP contribution is -2.53. The molecule has 0 aromatic carbocycles. The van der Waals surface area contributed by atoms with Crippen molar-refractivity contribution >= 4 is 29.7 Å². The molecule has 0 bridgehead atoms. The van der Waals surface area contributed by atoms with Crippen molar-refractivity contribution in [1.82, 2.24) is 20.1 Å². The Morgan fingerprint density at radius 1 is 1.03 bits per heavy atom. The molecule has 33 heavy (non-hydrogen) atoms. The number of esters is 1. The minimum atomic E-state index is -0.655. The van der Waals surface area contributed by atoms with Gasteiger partial charge < -0.3 is 29.6 Å². The van der Waals surface area contributed by atoms with Crippen LogP contribution in [0.1, 0.15) is 59.8 Å². The standard InChI is InChI=1S/C22H32N4O7/c1-13-18(20(30)32-6)15(24-19(13)14(2)27)11-16(28)23-12-17(29)25-7-9-26(10-8-25)21(31)33-22(3,4)5/h24H,7-12H2,1-6H3,(H,23,28). The van der Waals surface area contributed by atoms with Gasteiger partial charge in [-0.3, -0.25) is 14.4 Å². The van der Waals surface area contributed by atoms with Gasteiger partial charge in [0.2, 0.25) is 11.8 Å². The number of carbonyl (C=O) groups excluding carboxylic acids is 5. The van der Waals surface area contributed by atoms with Gasteiger partial charge >= 0.3 is 12.1 Å². The van der Waals surface area contributed by atoms with Crippen molar-refractivity contribution in [3.63, 3.8) is 0 Å². The number of piperazine rings is 1. The molecule has 0 saturated carbocycles. The van der Waals surface area contributed by atoms with E-state index in [2.05, 4.69) is 10.3 Å². The Morgan fingerprint density at radius 3 is 2.12 bits per heavy atom. The van der Waals surface area contributed by atoms with Crippen molar-refractivity contribution in [2.45, 2.75) is 46.6 Å². The van der Waals surface area contributed by atoms with Gasteiger partial charge in [0.25, 0.3) is 0 Å². The molecule has 11 heteroatoms. The average molecular weight is 465 g/mol. The first kappa shape index (κ1) is 25.9. The van der Waals surface area contributed by atoms with Gasteiger partial charge in [0.05, 0.1) is 31.3 Å². The highest BCUT2D eigenvalue weighted by atomic mass is 16.6. The van der Waals surface area contributed by atoms with Gasteiger partial charge in [0.1, 0.15) is 5.60 Å². The minimum Gasteiger partial charge on any atom is -0.465 e. The van der Waals surface area contributed by atoms with E-state index >= 15 is 0 Å². The zero-order chi connectivity index (χ0) is 24.9. The molecule has 0 radical (unpaired) electrons. The topological polar surface area (TPSA) is 138 Å². The van der Waals surface area contributed by atoms with Gasteiger partial charge in [-0.15, -0.1) is 0 Å². The number of nitrogens with zero attached hydrogens (tertiary/aromatic N) is 2. The summed E-state index contributed by atoms with van der Waals surface area (Å²) < 4.78 is 10.1.